The highest BCUT2D eigenvalue weighted by Gasteiger charge is 2.22. The van der Waals surface area contributed by atoms with Crippen LogP contribution in [0.15, 0.2) is 42.9 Å². The fourth-order valence-corrected chi connectivity index (χ4v) is 2.61. The summed E-state index contributed by atoms with van der Waals surface area (Å²) in [7, 11) is 0. The molecule has 8 nitrogen and oxygen atoms in total. The van der Waals surface area contributed by atoms with E-state index >= 15 is 0 Å². The second kappa shape index (κ2) is 6.95. The summed E-state index contributed by atoms with van der Waals surface area (Å²) in [4.78, 5) is 35.0. The fourth-order valence-electron chi connectivity index (χ4n) is 2.61. The number of piperazine rings is 1. The van der Waals surface area contributed by atoms with Crippen molar-refractivity contribution in [3.05, 3.63) is 48.4 Å². The minimum absolute atomic E-state index is 0.0984. The van der Waals surface area contributed by atoms with Crippen LogP contribution in [0.5, 0.6) is 0 Å². The van der Waals surface area contributed by atoms with Crippen molar-refractivity contribution in [1.82, 2.24) is 14.9 Å². The Balaban J connectivity index is 1.60. The number of carbonyl (C=O) groups excluding carboxylic acids is 1. The lowest BCUT2D eigenvalue weighted by Crippen LogP contribution is -2.48. The lowest BCUT2D eigenvalue weighted by atomic mass is 10.2. The maximum atomic E-state index is 12.5. The van der Waals surface area contributed by atoms with E-state index in [1.165, 1.54) is 12.3 Å². The third kappa shape index (κ3) is 3.60. The van der Waals surface area contributed by atoms with Gasteiger partial charge >= 0.3 is 6.09 Å². The van der Waals surface area contributed by atoms with E-state index in [4.69, 9.17) is 5.11 Å². The van der Waals surface area contributed by atoms with E-state index in [0.29, 0.717) is 18.7 Å². The fraction of sp³-hybridized carbons (Fsp3) is 0.250. The molecule has 0 atom stereocenters. The molecule has 1 saturated heterocycles. The van der Waals surface area contributed by atoms with Crippen LogP contribution in [0.25, 0.3) is 0 Å². The molecule has 0 spiro atoms. The predicted molar refractivity (Wildman–Crippen MR) is 88.2 cm³/mol. The van der Waals surface area contributed by atoms with E-state index in [9.17, 15) is 9.59 Å². The van der Waals surface area contributed by atoms with Gasteiger partial charge in [-0.3, -0.25) is 15.1 Å². The molecule has 0 aliphatic carbocycles. The number of amides is 2. The summed E-state index contributed by atoms with van der Waals surface area (Å²) in [6, 6.07) is 6.97. The van der Waals surface area contributed by atoms with Crippen molar-refractivity contribution < 1.29 is 14.7 Å². The average Bonchev–Trinajstić information content (AvgIpc) is 2.62. The summed E-state index contributed by atoms with van der Waals surface area (Å²) < 4.78 is 0. The van der Waals surface area contributed by atoms with Gasteiger partial charge in [-0.2, -0.15) is 0 Å². The van der Waals surface area contributed by atoms with Gasteiger partial charge in [-0.1, -0.05) is 0 Å². The average molecular weight is 327 g/mol. The normalized spacial score (nSPS) is 14.3. The Morgan fingerprint density at radius 2 is 1.75 bits per heavy atom. The Kier molecular flexibility index (Phi) is 4.55. The molecule has 2 amide bonds. The van der Waals surface area contributed by atoms with E-state index in [1.807, 2.05) is 12.1 Å². The van der Waals surface area contributed by atoms with Gasteiger partial charge in [0.05, 0.1) is 5.56 Å². The largest absolute Gasteiger partial charge is 0.465 e. The molecule has 3 rings (SSSR count). The number of pyridine rings is 2. The van der Waals surface area contributed by atoms with Crippen LogP contribution >= 0.6 is 0 Å². The standard InChI is InChI=1S/C16H17N5O3/c22-15(12-1-2-14(18-11-12)19-16(23)24)21-9-7-20(8-10-21)13-3-5-17-6-4-13/h1-6,11H,7-10H2,(H,18,19)(H,23,24). The van der Waals surface area contributed by atoms with Crippen molar-refractivity contribution in [2.45, 2.75) is 0 Å². The summed E-state index contributed by atoms with van der Waals surface area (Å²) >= 11 is 0. The molecule has 0 saturated carbocycles. The number of carbonyl (C=O) groups is 2. The van der Waals surface area contributed by atoms with Crippen LogP contribution in [0.2, 0.25) is 0 Å². The molecule has 1 aliphatic heterocycles. The Hall–Kier alpha value is -3.16. The van der Waals surface area contributed by atoms with E-state index in [2.05, 4.69) is 20.2 Å². The highest BCUT2D eigenvalue weighted by molar-refractivity contribution is 5.94. The third-order valence-corrected chi connectivity index (χ3v) is 3.84. The van der Waals surface area contributed by atoms with Crippen LogP contribution < -0.4 is 10.2 Å². The number of aromatic nitrogens is 2. The second-order valence-corrected chi connectivity index (χ2v) is 5.35. The highest BCUT2D eigenvalue weighted by atomic mass is 16.4. The van der Waals surface area contributed by atoms with Crippen molar-refractivity contribution in [1.29, 1.82) is 0 Å². The first-order valence-electron chi connectivity index (χ1n) is 7.54. The number of nitrogens with one attached hydrogen (secondary N) is 1. The first-order valence-corrected chi connectivity index (χ1v) is 7.54. The van der Waals surface area contributed by atoms with Gasteiger partial charge in [0, 0.05) is 50.5 Å². The predicted octanol–water partition coefficient (Wildman–Crippen LogP) is 1.53. The van der Waals surface area contributed by atoms with Crippen molar-refractivity contribution in [2.24, 2.45) is 0 Å². The van der Waals surface area contributed by atoms with Gasteiger partial charge in [0.15, 0.2) is 0 Å². The van der Waals surface area contributed by atoms with Gasteiger partial charge < -0.3 is 14.9 Å². The minimum Gasteiger partial charge on any atom is -0.465 e. The highest BCUT2D eigenvalue weighted by Crippen LogP contribution is 2.16. The summed E-state index contributed by atoms with van der Waals surface area (Å²) in [6.07, 6.45) is 3.72. The lowest BCUT2D eigenvalue weighted by Gasteiger charge is -2.36. The molecule has 1 aliphatic rings. The number of carboxylic acid groups (broad SMARTS) is 1. The molecule has 2 aromatic heterocycles. The summed E-state index contributed by atoms with van der Waals surface area (Å²) in [5, 5.41) is 10.8. The van der Waals surface area contributed by atoms with Crippen LogP contribution in [0.1, 0.15) is 10.4 Å². The van der Waals surface area contributed by atoms with Crippen LogP contribution in [-0.2, 0) is 0 Å². The molecule has 0 aromatic carbocycles. The van der Waals surface area contributed by atoms with Gasteiger partial charge in [-0.15, -0.1) is 0 Å². The minimum atomic E-state index is -1.19. The van der Waals surface area contributed by atoms with Gasteiger partial charge in [0.2, 0.25) is 0 Å². The first-order chi connectivity index (χ1) is 11.6. The summed E-state index contributed by atoms with van der Waals surface area (Å²) in [5.41, 5.74) is 1.55. The summed E-state index contributed by atoms with van der Waals surface area (Å²) in [5.74, 6) is 0.0975. The van der Waals surface area contributed by atoms with E-state index in [-0.39, 0.29) is 11.7 Å². The molecular formula is C16H17N5O3. The SMILES string of the molecule is O=C(O)Nc1ccc(C(=O)N2CCN(c3ccncc3)CC2)cn1. The smallest absolute Gasteiger partial charge is 0.410 e. The van der Waals surface area contributed by atoms with Gasteiger partial charge in [-0.05, 0) is 24.3 Å². The zero-order valence-electron chi connectivity index (χ0n) is 12.9. The number of hydrogen-bond donors (Lipinski definition) is 2. The quantitative estimate of drug-likeness (QED) is 0.887. The molecule has 0 radical (unpaired) electrons. The number of nitrogens with zero attached hydrogens (tertiary/aromatic N) is 4. The maximum absolute atomic E-state index is 12.5. The van der Waals surface area contributed by atoms with Crippen LogP contribution in [0, 0.1) is 0 Å². The van der Waals surface area contributed by atoms with Gasteiger partial charge in [0.25, 0.3) is 5.91 Å². The molecule has 3 heterocycles. The molecular weight excluding hydrogens is 310 g/mol. The van der Waals surface area contributed by atoms with Crippen LogP contribution in [-0.4, -0.2) is 58.2 Å². The molecule has 2 N–H and O–H groups in total. The van der Waals surface area contributed by atoms with Crippen LogP contribution in [0.3, 0.4) is 0 Å². The number of anilines is 2. The van der Waals surface area contributed by atoms with Crippen LogP contribution in [0.4, 0.5) is 16.3 Å². The van der Waals surface area contributed by atoms with E-state index in [0.717, 1.165) is 18.8 Å². The molecule has 0 bridgehead atoms. The van der Waals surface area contributed by atoms with Gasteiger partial charge in [0.1, 0.15) is 5.82 Å². The molecule has 0 unspecified atom stereocenters. The Morgan fingerprint density at radius 1 is 1.04 bits per heavy atom. The van der Waals surface area contributed by atoms with E-state index in [1.54, 1.807) is 23.4 Å². The Bertz CT molecular complexity index is 712. The molecule has 124 valence electrons. The monoisotopic (exact) mass is 327 g/mol. The maximum Gasteiger partial charge on any atom is 0.410 e. The van der Waals surface area contributed by atoms with Crippen molar-refractivity contribution in [3.8, 4) is 0 Å². The number of rotatable bonds is 3. The van der Waals surface area contributed by atoms with Crippen molar-refractivity contribution in [2.75, 3.05) is 36.4 Å². The molecule has 1 fully saturated rings. The second-order valence-electron chi connectivity index (χ2n) is 5.35. The van der Waals surface area contributed by atoms with Crippen molar-refractivity contribution >= 4 is 23.5 Å². The zero-order valence-corrected chi connectivity index (χ0v) is 12.9. The topological polar surface area (TPSA) is 98.7 Å². The van der Waals surface area contributed by atoms with Gasteiger partial charge in [-0.25, -0.2) is 9.78 Å². The molecule has 24 heavy (non-hydrogen) atoms. The lowest BCUT2D eigenvalue weighted by molar-refractivity contribution is 0.0746. The third-order valence-electron chi connectivity index (χ3n) is 3.84. The molecule has 2 aromatic rings. The Labute approximate surface area is 138 Å². The summed E-state index contributed by atoms with van der Waals surface area (Å²) in [6.45, 7) is 2.75. The number of hydrogen-bond acceptors (Lipinski definition) is 5. The zero-order chi connectivity index (χ0) is 16.9. The van der Waals surface area contributed by atoms with Crippen molar-refractivity contribution in [3.63, 3.8) is 0 Å². The van der Waals surface area contributed by atoms with E-state index < -0.39 is 6.09 Å². The Morgan fingerprint density at radius 3 is 2.33 bits per heavy atom. The molecule has 8 heteroatoms. The first kappa shape index (κ1) is 15.7.